The summed E-state index contributed by atoms with van der Waals surface area (Å²) in [7, 11) is -1.50. The van der Waals surface area contributed by atoms with Crippen molar-refractivity contribution in [2.75, 3.05) is 19.6 Å². The smallest absolute Gasteiger partial charge is 0.455 e. The molecule has 1 amide bonds. The molecule has 3 atom stereocenters. The molecule has 0 spiro atoms. The molecule has 1 aromatic rings. The summed E-state index contributed by atoms with van der Waals surface area (Å²) < 4.78 is 5.74. The van der Waals surface area contributed by atoms with Gasteiger partial charge in [0.15, 0.2) is 0 Å². The number of benzene rings is 1. The number of aromatic carboxylic acids is 1. The van der Waals surface area contributed by atoms with E-state index in [1.807, 2.05) is 0 Å². The molecule has 0 radical (unpaired) electrons. The van der Waals surface area contributed by atoms with Crippen LogP contribution in [0, 0.1) is 0 Å². The third kappa shape index (κ3) is 3.43. The Bertz CT molecular complexity index is 790. The Morgan fingerprint density at radius 3 is 2.57 bits per heavy atom. The highest BCUT2D eigenvalue weighted by Gasteiger charge is 2.48. The molecule has 28 heavy (non-hydrogen) atoms. The summed E-state index contributed by atoms with van der Waals surface area (Å²) >= 11 is 0. The first-order chi connectivity index (χ1) is 13.4. The molecule has 5 N–H and O–H groups in total. The molecule has 2 heterocycles. The normalized spacial score (nSPS) is 26.6. The fraction of sp³-hybridized carbons (Fsp3) is 0.556. The number of nitrogens with zero attached hydrogens (tertiary/aromatic N) is 1. The Hall–Kier alpha value is -2.30. The molecule has 4 rings (SSSR count). The highest BCUT2D eigenvalue weighted by Crippen LogP contribution is 2.56. The molecule has 10 heteroatoms. The lowest BCUT2D eigenvalue weighted by atomic mass is 9.81. The van der Waals surface area contributed by atoms with E-state index in [1.165, 1.54) is 6.07 Å². The molecule has 2 saturated heterocycles. The van der Waals surface area contributed by atoms with Crippen LogP contribution in [0.5, 0.6) is 11.5 Å². The number of hydrogen-bond donors (Lipinski definition) is 5. The fourth-order valence-electron chi connectivity index (χ4n) is 4.08. The average Bonchev–Trinajstić information content (AvgIpc) is 3.21. The number of rotatable bonds is 6. The maximum absolute atomic E-state index is 12.3. The van der Waals surface area contributed by atoms with E-state index < -0.39 is 24.7 Å². The van der Waals surface area contributed by atoms with E-state index >= 15 is 0 Å². The molecular formula is C18H23BN2O7. The number of nitrogens with one attached hydrogen (secondary N) is 1. The molecular weight excluding hydrogens is 367 g/mol. The van der Waals surface area contributed by atoms with Gasteiger partial charge in [-0.2, -0.15) is 0 Å². The number of amides is 1. The van der Waals surface area contributed by atoms with Gasteiger partial charge in [-0.15, -0.1) is 0 Å². The van der Waals surface area contributed by atoms with Crippen LogP contribution >= 0.6 is 0 Å². The zero-order valence-electron chi connectivity index (χ0n) is 15.2. The van der Waals surface area contributed by atoms with Crippen molar-refractivity contribution in [1.82, 2.24) is 10.2 Å². The largest absolute Gasteiger partial charge is 0.507 e. The minimum Gasteiger partial charge on any atom is -0.507 e. The Labute approximate surface area is 162 Å². The summed E-state index contributed by atoms with van der Waals surface area (Å²) in [6.45, 7) is 1.59. The number of aromatic hydroxyl groups is 1. The van der Waals surface area contributed by atoms with E-state index in [-0.39, 0.29) is 35.3 Å². The van der Waals surface area contributed by atoms with Gasteiger partial charge in [-0.25, -0.2) is 4.79 Å². The van der Waals surface area contributed by atoms with Crippen LogP contribution in [0.1, 0.15) is 41.1 Å². The van der Waals surface area contributed by atoms with Gasteiger partial charge >= 0.3 is 13.1 Å². The summed E-state index contributed by atoms with van der Waals surface area (Å²) in [5, 5.41) is 41.6. The third-order valence-corrected chi connectivity index (χ3v) is 5.82. The van der Waals surface area contributed by atoms with Crippen molar-refractivity contribution in [2.45, 2.75) is 43.1 Å². The molecule has 1 aliphatic carbocycles. The van der Waals surface area contributed by atoms with E-state index in [0.717, 1.165) is 19.4 Å². The molecule has 1 unspecified atom stereocenters. The van der Waals surface area contributed by atoms with Crippen molar-refractivity contribution in [3.63, 3.8) is 0 Å². The lowest BCUT2D eigenvalue weighted by molar-refractivity contribution is -0.141. The summed E-state index contributed by atoms with van der Waals surface area (Å²) in [5.41, 5.74) is 0.0402. The first-order valence-corrected chi connectivity index (χ1v) is 9.51. The van der Waals surface area contributed by atoms with E-state index in [9.17, 15) is 29.9 Å². The van der Waals surface area contributed by atoms with Gasteiger partial charge in [-0.3, -0.25) is 4.79 Å². The van der Waals surface area contributed by atoms with Gasteiger partial charge in [0.25, 0.3) is 0 Å². The maximum Gasteiger partial charge on any atom is 0.455 e. The van der Waals surface area contributed by atoms with Crippen LogP contribution in [0.2, 0.25) is 5.82 Å². The molecule has 9 nitrogen and oxygen atoms in total. The van der Waals surface area contributed by atoms with E-state index in [4.69, 9.17) is 4.74 Å². The van der Waals surface area contributed by atoms with Crippen LogP contribution in [0.4, 0.5) is 0 Å². The van der Waals surface area contributed by atoms with Crippen LogP contribution < -0.4 is 10.1 Å². The van der Waals surface area contributed by atoms with Gasteiger partial charge in [-0.05, 0) is 43.4 Å². The van der Waals surface area contributed by atoms with Crippen LogP contribution in [0.15, 0.2) is 12.1 Å². The Balaban J connectivity index is 1.43. The second-order valence-corrected chi connectivity index (χ2v) is 7.73. The van der Waals surface area contributed by atoms with Crippen LogP contribution in [0.25, 0.3) is 0 Å². The number of hydrogen-bond acceptors (Lipinski definition) is 7. The van der Waals surface area contributed by atoms with Crippen molar-refractivity contribution in [3.05, 3.63) is 23.3 Å². The number of phenols is 1. The molecule has 3 aliphatic rings. The molecule has 2 aliphatic heterocycles. The number of likely N-dealkylation sites (tertiary alicyclic amines) is 1. The van der Waals surface area contributed by atoms with Crippen molar-refractivity contribution in [2.24, 2.45) is 0 Å². The molecule has 0 bridgehead atoms. The molecule has 0 aromatic heterocycles. The molecule has 1 aromatic carbocycles. The van der Waals surface area contributed by atoms with Crippen molar-refractivity contribution in [1.29, 1.82) is 0 Å². The lowest BCUT2D eigenvalue weighted by Gasteiger charge is -2.40. The van der Waals surface area contributed by atoms with Crippen molar-refractivity contribution >= 4 is 19.0 Å². The van der Waals surface area contributed by atoms with Crippen LogP contribution in [0.3, 0.4) is 0 Å². The van der Waals surface area contributed by atoms with Gasteiger partial charge in [0.05, 0.1) is 19.1 Å². The summed E-state index contributed by atoms with van der Waals surface area (Å²) in [6, 6.07) is 2.90. The predicted molar refractivity (Wildman–Crippen MR) is 98.4 cm³/mol. The third-order valence-electron chi connectivity index (χ3n) is 5.82. The number of carbonyl (C=O) groups excluding carboxylic acids is 1. The standard InChI is InChI=1S/C18H23BN2O7/c22-16-10(11-6-12(11)19(26)27)3-4-14(15(16)18(24)25)28-9-7-21(8-9)17(23)13-2-1-5-20-13/h3-4,9,11-13,20,22,26-27H,1-2,5-8H2,(H,24,25)/t11?,12-,13-/m1/s1. The average molecular weight is 390 g/mol. The number of carboxylic acid groups (broad SMARTS) is 1. The van der Waals surface area contributed by atoms with Gasteiger partial charge in [0.1, 0.15) is 23.2 Å². The van der Waals surface area contributed by atoms with Crippen LogP contribution in [-0.2, 0) is 4.79 Å². The SMILES string of the molecule is O=C(O)c1c(OC2CN(C(=O)[C@H]3CCCN3)C2)ccc(C2C[C@H]2B(O)O)c1O. The van der Waals surface area contributed by atoms with Gasteiger partial charge in [-0.1, -0.05) is 6.07 Å². The first-order valence-electron chi connectivity index (χ1n) is 9.51. The predicted octanol–water partition coefficient (Wildman–Crippen LogP) is -0.238. The Morgan fingerprint density at radius 2 is 2.00 bits per heavy atom. The maximum atomic E-state index is 12.3. The molecule has 1 saturated carbocycles. The second-order valence-electron chi connectivity index (χ2n) is 7.73. The van der Waals surface area contributed by atoms with Crippen molar-refractivity contribution < 1.29 is 34.6 Å². The quantitative estimate of drug-likeness (QED) is 0.420. The van der Waals surface area contributed by atoms with Crippen molar-refractivity contribution in [3.8, 4) is 11.5 Å². The summed E-state index contributed by atoms with van der Waals surface area (Å²) in [6.07, 6.45) is 1.94. The number of ether oxygens (including phenoxy) is 1. The molecule has 3 fully saturated rings. The second kappa shape index (κ2) is 7.27. The topological polar surface area (TPSA) is 140 Å². The van der Waals surface area contributed by atoms with E-state index in [2.05, 4.69) is 5.32 Å². The Morgan fingerprint density at radius 1 is 1.25 bits per heavy atom. The fourth-order valence-corrected chi connectivity index (χ4v) is 4.08. The summed E-state index contributed by atoms with van der Waals surface area (Å²) in [5.74, 6) is -2.33. The highest BCUT2D eigenvalue weighted by molar-refractivity contribution is 6.44. The lowest BCUT2D eigenvalue weighted by Crippen LogP contribution is -2.59. The van der Waals surface area contributed by atoms with E-state index in [0.29, 0.717) is 25.1 Å². The Kier molecular flexibility index (Phi) is 4.94. The highest BCUT2D eigenvalue weighted by atomic mass is 16.5. The monoisotopic (exact) mass is 390 g/mol. The van der Waals surface area contributed by atoms with Gasteiger partial charge in [0, 0.05) is 5.82 Å². The number of carbonyl (C=O) groups is 2. The van der Waals surface area contributed by atoms with E-state index in [1.54, 1.807) is 11.0 Å². The van der Waals surface area contributed by atoms with Gasteiger partial charge in [0.2, 0.25) is 5.91 Å². The van der Waals surface area contributed by atoms with Gasteiger partial charge < -0.3 is 35.2 Å². The minimum atomic E-state index is -1.50. The van der Waals surface area contributed by atoms with Crippen LogP contribution in [-0.4, -0.2) is 75.9 Å². The minimum absolute atomic E-state index is 0.0383. The zero-order chi connectivity index (χ0) is 20.0. The molecule has 150 valence electrons. The summed E-state index contributed by atoms with van der Waals surface area (Å²) in [4.78, 5) is 25.7. The first kappa shape index (κ1) is 19.0. The number of carboxylic acids is 1. The zero-order valence-corrected chi connectivity index (χ0v) is 15.2.